The molecule has 2 heterocycles. The summed E-state index contributed by atoms with van der Waals surface area (Å²) in [4.78, 5) is 29.3. The van der Waals surface area contributed by atoms with Crippen molar-refractivity contribution in [1.29, 1.82) is 0 Å². The van der Waals surface area contributed by atoms with Crippen molar-refractivity contribution >= 4 is 40.9 Å². The van der Waals surface area contributed by atoms with Gasteiger partial charge < -0.3 is 14.8 Å². The average molecular weight is 612 g/mol. The van der Waals surface area contributed by atoms with Gasteiger partial charge in [-0.25, -0.2) is 0 Å². The minimum Gasteiger partial charge on any atom is -0.507 e. The van der Waals surface area contributed by atoms with Gasteiger partial charge in [0.2, 0.25) is 11.8 Å². The molecule has 1 saturated carbocycles. The summed E-state index contributed by atoms with van der Waals surface area (Å²) in [6, 6.07) is 5.48. The van der Waals surface area contributed by atoms with Crippen molar-refractivity contribution in [2.75, 3.05) is 0 Å². The van der Waals surface area contributed by atoms with Gasteiger partial charge in [0.1, 0.15) is 5.75 Å². The van der Waals surface area contributed by atoms with Crippen LogP contribution in [0.3, 0.4) is 0 Å². The van der Waals surface area contributed by atoms with Crippen LogP contribution in [-0.2, 0) is 14.2 Å². The van der Waals surface area contributed by atoms with Crippen molar-refractivity contribution in [2.24, 2.45) is 17.8 Å². The van der Waals surface area contributed by atoms with E-state index in [0.717, 1.165) is 67.8 Å². The lowest BCUT2D eigenvalue weighted by Gasteiger charge is -2.43. The van der Waals surface area contributed by atoms with Crippen molar-refractivity contribution in [3.05, 3.63) is 45.0 Å². The van der Waals surface area contributed by atoms with E-state index in [1.54, 1.807) is 11.0 Å². The molecule has 0 unspecified atom stereocenters. The molecule has 216 valence electrons. The zero-order valence-electron chi connectivity index (χ0n) is 23.9. The van der Waals surface area contributed by atoms with Gasteiger partial charge in [-0.05, 0) is 81.0 Å². The zero-order chi connectivity index (χ0) is 28.4. The van der Waals surface area contributed by atoms with Gasteiger partial charge in [0.05, 0.1) is 17.9 Å². The first-order chi connectivity index (χ1) is 19.3. The van der Waals surface area contributed by atoms with Crippen LogP contribution in [0.1, 0.15) is 96.5 Å². The molecule has 0 aromatic heterocycles. The van der Waals surface area contributed by atoms with Crippen LogP contribution in [0, 0.1) is 17.8 Å². The molecule has 4 aliphatic rings. The van der Waals surface area contributed by atoms with Crippen LogP contribution >= 0.6 is 15.9 Å². The molecule has 4 atom stereocenters. The van der Waals surface area contributed by atoms with Crippen molar-refractivity contribution in [2.45, 2.75) is 109 Å². The van der Waals surface area contributed by atoms with Crippen LogP contribution in [0.4, 0.5) is 0 Å². The normalized spacial score (nSPS) is 27.9. The number of aromatic hydroxyl groups is 1. The predicted octanol–water partition coefficient (Wildman–Crippen LogP) is 7.05. The summed E-state index contributed by atoms with van der Waals surface area (Å²) in [5.74, 6) is -0.564. The van der Waals surface area contributed by atoms with E-state index in [9.17, 15) is 19.7 Å². The van der Waals surface area contributed by atoms with Crippen LogP contribution in [0.25, 0.3) is 6.08 Å². The van der Waals surface area contributed by atoms with E-state index in [2.05, 4.69) is 35.9 Å². The first-order valence-corrected chi connectivity index (χ1v) is 16.2. The summed E-state index contributed by atoms with van der Waals surface area (Å²) in [5.41, 5.74) is 4.45. The third kappa shape index (κ3) is 6.00. The van der Waals surface area contributed by atoms with Crippen molar-refractivity contribution < 1.29 is 24.4 Å². The molecule has 1 aromatic carbocycles. The number of carbonyl (C=O) groups is 2. The van der Waals surface area contributed by atoms with Gasteiger partial charge in [0, 0.05) is 16.1 Å². The van der Waals surface area contributed by atoms with E-state index in [1.807, 2.05) is 12.1 Å². The van der Waals surface area contributed by atoms with E-state index in [0.29, 0.717) is 19.2 Å². The van der Waals surface area contributed by atoms with Crippen molar-refractivity contribution in [3.63, 3.8) is 0 Å². The molecule has 2 aliphatic carbocycles. The maximum Gasteiger partial charge on any atom is 0.455 e. The van der Waals surface area contributed by atoms with E-state index >= 15 is 0 Å². The summed E-state index contributed by atoms with van der Waals surface area (Å²) in [5, 5.41) is 21.3. The standard InChI is InChI=1S/C32H43BBrNO5/c1-3-8-20(16-22-17-23(34)13-14-27(22)36)12-15-28-29-21(9-4-2)18-25-30(26(29)19-33(39)40-28)32(38)35(31(25)37)24-10-6-5-7-11-24/h13-14,16-17,24-26,28,30,36,39H,3-12,15,18-19H2,1-2H3/b20-16+/t25-,26+,28-,30-/m1/s1. The molecule has 1 aromatic rings. The largest absolute Gasteiger partial charge is 0.507 e. The Morgan fingerprint density at radius 2 is 1.88 bits per heavy atom. The Morgan fingerprint density at radius 1 is 1.10 bits per heavy atom. The third-order valence-electron chi connectivity index (χ3n) is 9.48. The first kappa shape index (κ1) is 29.6. The zero-order valence-corrected chi connectivity index (χ0v) is 25.5. The van der Waals surface area contributed by atoms with Gasteiger partial charge in [-0.1, -0.05) is 79.1 Å². The fourth-order valence-corrected chi connectivity index (χ4v) is 8.17. The Hall–Kier alpha value is -1.90. The first-order valence-electron chi connectivity index (χ1n) is 15.4. The highest BCUT2D eigenvalue weighted by molar-refractivity contribution is 9.10. The van der Waals surface area contributed by atoms with Gasteiger partial charge >= 0.3 is 7.12 Å². The highest BCUT2D eigenvalue weighted by Crippen LogP contribution is 2.52. The molecule has 0 radical (unpaired) electrons. The SMILES string of the molecule is CCCC1=C2[C@@H](CC/C(=C/c3cc(Br)ccc3O)CCC)OB(O)C[C@@H]2[C@@H]2C(=O)N(C3CCCCC3)C(=O)[C@@H]2C1. The molecule has 2 aliphatic heterocycles. The monoisotopic (exact) mass is 611 g/mol. The van der Waals surface area contributed by atoms with Crippen molar-refractivity contribution in [1.82, 2.24) is 4.90 Å². The second-order valence-electron chi connectivity index (χ2n) is 12.2. The number of likely N-dealkylation sites (tertiary alicyclic amines) is 1. The number of phenols is 1. The molecule has 5 rings (SSSR count). The Balaban J connectivity index is 1.42. The average Bonchev–Trinajstić information content (AvgIpc) is 3.19. The molecular weight excluding hydrogens is 569 g/mol. The number of carbonyl (C=O) groups excluding carboxylic acids is 2. The second-order valence-corrected chi connectivity index (χ2v) is 13.1. The number of imide groups is 1. The molecule has 8 heteroatoms. The summed E-state index contributed by atoms with van der Waals surface area (Å²) in [6.45, 7) is 4.31. The summed E-state index contributed by atoms with van der Waals surface area (Å²) < 4.78 is 7.13. The number of rotatable bonds is 9. The molecular formula is C32H43BBrNO5. The lowest BCUT2D eigenvalue weighted by molar-refractivity contribution is -0.143. The molecule has 0 bridgehead atoms. The van der Waals surface area contributed by atoms with E-state index in [4.69, 9.17) is 4.65 Å². The molecule has 2 N–H and O–H groups in total. The number of allylic oxidation sites excluding steroid dienone is 2. The van der Waals surface area contributed by atoms with Gasteiger partial charge in [0.15, 0.2) is 0 Å². The second kappa shape index (κ2) is 13.0. The highest BCUT2D eigenvalue weighted by Gasteiger charge is 2.58. The van der Waals surface area contributed by atoms with Gasteiger partial charge in [-0.3, -0.25) is 14.5 Å². The summed E-state index contributed by atoms with van der Waals surface area (Å²) >= 11 is 3.50. The number of halogens is 1. The molecule has 2 amide bonds. The Morgan fingerprint density at radius 3 is 2.60 bits per heavy atom. The number of nitrogens with zero attached hydrogens (tertiary/aromatic N) is 1. The van der Waals surface area contributed by atoms with Crippen LogP contribution in [-0.4, -0.2) is 46.1 Å². The smallest absolute Gasteiger partial charge is 0.455 e. The molecule has 40 heavy (non-hydrogen) atoms. The predicted molar refractivity (Wildman–Crippen MR) is 161 cm³/mol. The summed E-state index contributed by atoms with van der Waals surface area (Å²) in [6.07, 6.45) is 13.2. The Kier molecular flexibility index (Phi) is 9.58. The third-order valence-corrected chi connectivity index (χ3v) is 9.97. The fraction of sp³-hybridized carbons (Fsp3) is 0.625. The van der Waals surface area contributed by atoms with E-state index in [1.165, 1.54) is 23.1 Å². The van der Waals surface area contributed by atoms with Crippen LogP contribution in [0.2, 0.25) is 6.32 Å². The quantitative estimate of drug-likeness (QED) is 0.177. The molecule has 0 spiro atoms. The van der Waals surface area contributed by atoms with Gasteiger partial charge in [-0.15, -0.1) is 0 Å². The van der Waals surface area contributed by atoms with Crippen molar-refractivity contribution in [3.8, 4) is 5.75 Å². The fourth-order valence-electron chi connectivity index (χ4n) is 7.79. The highest BCUT2D eigenvalue weighted by atomic mass is 79.9. The number of hydrogen-bond donors (Lipinski definition) is 2. The van der Waals surface area contributed by atoms with E-state index in [-0.39, 0.29) is 47.5 Å². The minimum absolute atomic E-state index is 0.00973. The van der Waals surface area contributed by atoms with Gasteiger partial charge in [0.25, 0.3) is 0 Å². The molecule has 3 fully saturated rings. The number of amides is 2. The summed E-state index contributed by atoms with van der Waals surface area (Å²) in [7, 11) is -0.945. The molecule has 6 nitrogen and oxygen atoms in total. The lowest BCUT2D eigenvalue weighted by atomic mass is 9.58. The minimum atomic E-state index is -0.945. The number of benzene rings is 1. The topological polar surface area (TPSA) is 87.1 Å². The maximum atomic E-state index is 13.9. The number of hydrogen-bond acceptors (Lipinski definition) is 5. The van der Waals surface area contributed by atoms with E-state index < -0.39 is 7.12 Å². The van der Waals surface area contributed by atoms with Gasteiger partial charge in [-0.2, -0.15) is 0 Å². The number of fused-ring (bicyclic) bond motifs is 3. The number of phenolic OH excluding ortho intramolecular Hbond substituents is 1. The maximum absolute atomic E-state index is 13.9. The Bertz CT molecular complexity index is 1180. The van der Waals surface area contributed by atoms with Crippen LogP contribution in [0.15, 0.2) is 39.4 Å². The van der Waals surface area contributed by atoms with Crippen LogP contribution < -0.4 is 0 Å². The lowest BCUT2D eigenvalue weighted by Crippen LogP contribution is -2.46. The van der Waals surface area contributed by atoms with Crippen LogP contribution in [0.5, 0.6) is 5.75 Å². The molecule has 2 saturated heterocycles. The Labute approximate surface area is 247 Å².